The molecular formula is C18H14ClF4N7O2. The Balaban J connectivity index is 1.80. The van der Waals surface area contributed by atoms with E-state index in [4.69, 9.17) is 11.6 Å². The molecule has 3 N–H and O–H groups in total. The third-order valence-electron chi connectivity index (χ3n) is 4.09. The van der Waals surface area contributed by atoms with Crippen molar-refractivity contribution in [3.8, 4) is 22.5 Å². The molecule has 0 aliphatic carbocycles. The Hall–Kier alpha value is -3.74. The van der Waals surface area contributed by atoms with E-state index in [0.29, 0.717) is 0 Å². The van der Waals surface area contributed by atoms with Gasteiger partial charge in [-0.25, -0.2) is 19.0 Å². The van der Waals surface area contributed by atoms with Crippen molar-refractivity contribution in [1.82, 2.24) is 36.4 Å². The van der Waals surface area contributed by atoms with Gasteiger partial charge >= 0.3 is 18.4 Å². The Kier molecular flexibility index (Phi) is 6.88. The molecule has 0 spiro atoms. The van der Waals surface area contributed by atoms with Crippen LogP contribution in [0.3, 0.4) is 0 Å². The number of hydrogen-bond donors (Lipinski definition) is 3. The summed E-state index contributed by atoms with van der Waals surface area (Å²) in [5, 5.41) is 13.7. The van der Waals surface area contributed by atoms with Crippen LogP contribution in [-0.2, 0) is 18.4 Å². The van der Waals surface area contributed by atoms with Crippen LogP contribution in [0.5, 0.6) is 0 Å². The van der Waals surface area contributed by atoms with E-state index in [1.165, 1.54) is 30.7 Å². The number of benzene rings is 2. The van der Waals surface area contributed by atoms with Crippen molar-refractivity contribution < 1.29 is 27.2 Å². The van der Waals surface area contributed by atoms with Crippen LogP contribution in [0.2, 0.25) is 5.02 Å². The molecule has 9 nitrogen and oxygen atoms in total. The van der Waals surface area contributed by atoms with Crippen molar-refractivity contribution in [2.24, 2.45) is 7.05 Å². The van der Waals surface area contributed by atoms with Crippen LogP contribution in [-0.4, -0.2) is 38.6 Å². The number of hydrogen-bond acceptors (Lipinski definition) is 5. The summed E-state index contributed by atoms with van der Waals surface area (Å²) in [5.41, 5.74) is 3.66. The minimum absolute atomic E-state index is 0.0228. The van der Waals surface area contributed by atoms with Gasteiger partial charge in [-0.15, -0.1) is 10.2 Å². The molecule has 0 fully saturated rings. The van der Waals surface area contributed by atoms with Gasteiger partial charge in [0.25, 0.3) is 0 Å². The quantitative estimate of drug-likeness (QED) is 0.391. The second-order valence-electron chi connectivity index (χ2n) is 6.32. The Morgan fingerprint density at radius 1 is 1.12 bits per heavy atom. The number of hydrazine groups is 1. The third-order valence-corrected chi connectivity index (χ3v) is 4.31. The van der Waals surface area contributed by atoms with Crippen LogP contribution < -0.4 is 16.2 Å². The minimum Gasteiger partial charge on any atom is -0.333 e. The average molecular weight is 472 g/mol. The molecule has 3 amide bonds. The van der Waals surface area contributed by atoms with Crippen molar-refractivity contribution in [3.05, 3.63) is 52.6 Å². The van der Waals surface area contributed by atoms with Crippen molar-refractivity contribution in [2.45, 2.75) is 13.0 Å². The van der Waals surface area contributed by atoms with Gasteiger partial charge in [0, 0.05) is 17.1 Å². The highest BCUT2D eigenvalue weighted by atomic mass is 35.5. The lowest BCUT2D eigenvalue weighted by Crippen LogP contribution is -2.48. The summed E-state index contributed by atoms with van der Waals surface area (Å²) in [4.78, 5) is 23.4. The first-order valence-corrected chi connectivity index (χ1v) is 9.17. The predicted octanol–water partition coefficient (Wildman–Crippen LogP) is 2.57. The fourth-order valence-corrected chi connectivity index (χ4v) is 2.87. The molecule has 0 unspecified atom stereocenters. The summed E-state index contributed by atoms with van der Waals surface area (Å²) >= 11 is 5.97. The van der Waals surface area contributed by atoms with E-state index < -0.39 is 30.0 Å². The predicted molar refractivity (Wildman–Crippen MR) is 104 cm³/mol. The normalized spacial score (nSPS) is 10.8. The number of carbonyl (C=O) groups excluding carboxylic acids is 2. The van der Waals surface area contributed by atoms with Gasteiger partial charge in [0.05, 0.1) is 12.6 Å². The number of urea groups is 1. The van der Waals surface area contributed by atoms with Crippen molar-refractivity contribution >= 4 is 23.5 Å². The zero-order valence-electron chi connectivity index (χ0n) is 16.2. The first-order valence-electron chi connectivity index (χ1n) is 8.79. The monoisotopic (exact) mass is 471 g/mol. The summed E-state index contributed by atoms with van der Waals surface area (Å²) in [6, 6.07) is 5.34. The van der Waals surface area contributed by atoms with Crippen molar-refractivity contribution in [3.63, 3.8) is 0 Å². The fraction of sp³-hybridized carbons (Fsp3) is 0.167. The highest BCUT2D eigenvalue weighted by molar-refractivity contribution is 6.31. The molecule has 0 aliphatic rings. The molecule has 0 saturated carbocycles. The highest BCUT2D eigenvalue weighted by Gasteiger charge is 2.20. The maximum Gasteiger partial charge on any atom is 0.333 e. The van der Waals surface area contributed by atoms with Gasteiger partial charge in [-0.1, -0.05) is 23.7 Å². The summed E-state index contributed by atoms with van der Waals surface area (Å²) in [6.07, 6.45) is -3.31. The molecule has 168 valence electrons. The second kappa shape index (κ2) is 9.60. The van der Waals surface area contributed by atoms with E-state index in [1.807, 2.05) is 0 Å². The van der Waals surface area contributed by atoms with Crippen LogP contribution >= 0.6 is 11.6 Å². The minimum atomic E-state index is -3.31. The second-order valence-corrected chi connectivity index (χ2v) is 6.75. The van der Waals surface area contributed by atoms with Crippen molar-refractivity contribution in [1.29, 1.82) is 0 Å². The Morgan fingerprint density at radius 3 is 2.50 bits per heavy atom. The topological polar surface area (TPSA) is 114 Å². The van der Waals surface area contributed by atoms with E-state index >= 15 is 0 Å². The number of nitrogens with zero attached hydrogens (tertiary/aromatic N) is 4. The average Bonchev–Trinajstić information content (AvgIpc) is 3.15. The molecule has 0 saturated heterocycles. The van der Waals surface area contributed by atoms with Crippen LogP contribution in [0.25, 0.3) is 22.5 Å². The summed E-state index contributed by atoms with van der Waals surface area (Å²) < 4.78 is 53.4. The van der Waals surface area contributed by atoms with Gasteiger partial charge in [0.2, 0.25) is 5.82 Å². The molecule has 3 aromatic rings. The number of halogens is 5. The molecule has 14 heteroatoms. The first kappa shape index (κ1) is 22.9. The number of aryl methyl sites for hydroxylation is 1. The van der Waals surface area contributed by atoms with E-state index in [9.17, 15) is 27.2 Å². The number of amides is 3. The summed E-state index contributed by atoms with van der Waals surface area (Å²) in [6.45, 7) is -0.328. The highest BCUT2D eigenvalue weighted by Crippen LogP contribution is 2.35. The van der Waals surface area contributed by atoms with Gasteiger partial charge in [-0.05, 0) is 34.5 Å². The summed E-state index contributed by atoms with van der Waals surface area (Å²) in [5.74, 6) is -3.20. The lowest BCUT2D eigenvalue weighted by Gasteiger charge is -2.12. The third kappa shape index (κ3) is 5.29. The van der Waals surface area contributed by atoms with Gasteiger partial charge < -0.3 is 5.32 Å². The van der Waals surface area contributed by atoms with Crippen LogP contribution in [0.15, 0.2) is 30.3 Å². The van der Waals surface area contributed by atoms with E-state index in [2.05, 4.69) is 20.7 Å². The number of aromatic nitrogens is 4. The van der Waals surface area contributed by atoms with Gasteiger partial charge in [0.1, 0.15) is 11.6 Å². The number of nitrogens with one attached hydrogen (secondary N) is 3. The number of tetrazole rings is 1. The van der Waals surface area contributed by atoms with Crippen LogP contribution in [0.4, 0.5) is 22.4 Å². The SMILES string of the molecule is Cn1nnc(-c2c(F)cc(Cl)cc2-c2ccc(CNC(=O)NNC(=O)C(F)F)c(F)c2)n1. The van der Waals surface area contributed by atoms with Gasteiger partial charge in [-0.2, -0.15) is 13.6 Å². The van der Waals surface area contributed by atoms with E-state index in [-0.39, 0.29) is 39.6 Å². The van der Waals surface area contributed by atoms with Crippen molar-refractivity contribution in [2.75, 3.05) is 0 Å². The zero-order valence-corrected chi connectivity index (χ0v) is 16.9. The molecule has 32 heavy (non-hydrogen) atoms. The summed E-state index contributed by atoms with van der Waals surface area (Å²) in [7, 11) is 1.50. The zero-order chi connectivity index (χ0) is 23.4. The Bertz CT molecular complexity index is 1170. The maximum atomic E-state index is 14.6. The van der Waals surface area contributed by atoms with E-state index in [0.717, 1.165) is 16.9 Å². The molecule has 1 heterocycles. The van der Waals surface area contributed by atoms with Crippen LogP contribution in [0, 0.1) is 11.6 Å². The smallest absolute Gasteiger partial charge is 0.333 e. The molecule has 1 aromatic heterocycles. The molecule has 0 radical (unpaired) electrons. The number of carbonyl (C=O) groups is 2. The number of alkyl halides is 2. The molecule has 0 aliphatic heterocycles. The molecule has 0 bridgehead atoms. The molecule has 0 atom stereocenters. The number of rotatable bonds is 5. The standard InChI is InChI=1S/C18H14ClF4N7O2/c1-30-28-16(25-29-30)14-11(5-10(19)6-13(14)21)8-2-3-9(12(20)4-8)7-24-18(32)27-26-17(31)15(22)23/h2-6,15H,7H2,1H3,(H,26,31)(H2,24,27,32). The molecule has 3 rings (SSSR count). The maximum absolute atomic E-state index is 14.6. The lowest BCUT2D eigenvalue weighted by molar-refractivity contribution is -0.132. The Morgan fingerprint density at radius 2 is 1.88 bits per heavy atom. The van der Waals surface area contributed by atoms with Crippen LogP contribution in [0.1, 0.15) is 5.56 Å². The first-order chi connectivity index (χ1) is 15.2. The fourth-order valence-electron chi connectivity index (χ4n) is 2.66. The molecular weight excluding hydrogens is 458 g/mol. The van der Waals surface area contributed by atoms with E-state index in [1.54, 1.807) is 5.43 Å². The molecule has 2 aromatic carbocycles. The van der Waals surface area contributed by atoms with Gasteiger partial charge in [-0.3, -0.25) is 10.2 Å². The lowest BCUT2D eigenvalue weighted by atomic mass is 9.97. The largest absolute Gasteiger partial charge is 0.333 e. The van der Waals surface area contributed by atoms with Gasteiger partial charge in [0.15, 0.2) is 0 Å². The Labute approximate surface area is 182 Å².